The van der Waals surface area contributed by atoms with Crippen LogP contribution in [0.3, 0.4) is 0 Å². The van der Waals surface area contributed by atoms with Gasteiger partial charge in [-0.05, 0) is 56.7 Å². The van der Waals surface area contributed by atoms with Gasteiger partial charge < -0.3 is 15.0 Å². The van der Waals surface area contributed by atoms with E-state index in [1.807, 2.05) is 24.4 Å². The van der Waals surface area contributed by atoms with Crippen LogP contribution in [0.1, 0.15) is 44.7 Å². The molecule has 0 radical (unpaired) electrons. The van der Waals surface area contributed by atoms with Gasteiger partial charge >= 0.3 is 0 Å². The summed E-state index contributed by atoms with van der Waals surface area (Å²) in [5.74, 6) is 2.54. The molecule has 2 aliphatic rings. The molecule has 188 valence electrons. The maximum atomic E-state index is 5.43. The molecule has 10 nitrogen and oxygen atoms in total. The molecule has 0 amide bonds. The van der Waals surface area contributed by atoms with Gasteiger partial charge in [-0.3, -0.25) is 5.10 Å². The van der Waals surface area contributed by atoms with Gasteiger partial charge in [0.25, 0.3) is 0 Å². The normalized spacial score (nSPS) is 19.4. The number of piperidine rings is 1. The van der Waals surface area contributed by atoms with Crippen molar-refractivity contribution in [3.8, 4) is 17.0 Å². The summed E-state index contributed by atoms with van der Waals surface area (Å²) in [6.45, 7) is 4.86. The van der Waals surface area contributed by atoms with Crippen LogP contribution < -0.4 is 15.0 Å². The minimum absolute atomic E-state index is 0.502. The summed E-state index contributed by atoms with van der Waals surface area (Å²) in [7, 11) is 1.65. The number of methoxy groups -OCH3 is 1. The highest BCUT2D eigenvalue weighted by Crippen LogP contribution is 2.31. The van der Waals surface area contributed by atoms with E-state index in [0.29, 0.717) is 18.6 Å². The molecule has 1 aliphatic carbocycles. The molecular weight excluding hydrogens is 454 g/mol. The molecule has 2 unspecified atom stereocenters. The number of benzene rings is 1. The van der Waals surface area contributed by atoms with Crippen LogP contribution in [0.25, 0.3) is 22.2 Å². The molecule has 1 saturated carbocycles. The van der Waals surface area contributed by atoms with E-state index in [2.05, 4.69) is 53.9 Å². The molecule has 4 aromatic rings. The number of hydrogen-bond donors (Lipinski definition) is 2. The van der Waals surface area contributed by atoms with Gasteiger partial charge in [0.15, 0.2) is 5.82 Å². The Morgan fingerprint density at radius 2 is 2.06 bits per heavy atom. The van der Waals surface area contributed by atoms with Crippen molar-refractivity contribution in [3.63, 3.8) is 0 Å². The van der Waals surface area contributed by atoms with Crippen molar-refractivity contribution in [1.82, 2.24) is 40.7 Å². The predicted octanol–water partition coefficient (Wildman–Crippen LogP) is 3.42. The fourth-order valence-electron chi connectivity index (χ4n) is 5.39. The third kappa shape index (κ3) is 4.65. The average Bonchev–Trinajstić information content (AvgIpc) is 3.52. The lowest BCUT2D eigenvalue weighted by molar-refractivity contribution is 0.219. The number of fused-ring (bicyclic) bond motifs is 1. The molecular formula is C26H33N9O. The SMILES string of the molecule is COc1cc(-c2cn(Cc3ccc(N4CCCC(NC(C)C5CCC5)C4)nn3)nn2)c2cn[nH]c2c1. The van der Waals surface area contributed by atoms with E-state index in [9.17, 15) is 0 Å². The van der Waals surface area contributed by atoms with E-state index >= 15 is 0 Å². The Bertz CT molecular complexity index is 1310. The molecule has 1 saturated heterocycles. The number of nitrogens with one attached hydrogen (secondary N) is 2. The van der Waals surface area contributed by atoms with Crippen molar-refractivity contribution in [2.75, 3.05) is 25.1 Å². The van der Waals surface area contributed by atoms with Crippen molar-refractivity contribution in [1.29, 1.82) is 0 Å². The zero-order chi connectivity index (χ0) is 24.5. The second kappa shape index (κ2) is 9.85. The van der Waals surface area contributed by atoms with Crippen molar-refractivity contribution >= 4 is 16.7 Å². The van der Waals surface area contributed by atoms with Crippen molar-refractivity contribution in [3.05, 3.63) is 42.4 Å². The van der Waals surface area contributed by atoms with E-state index in [-0.39, 0.29) is 0 Å². The van der Waals surface area contributed by atoms with E-state index in [0.717, 1.165) is 58.4 Å². The molecule has 0 spiro atoms. The molecule has 2 N–H and O–H groups in total. The van der Waals surface area contributed by atoms with Crippen LogP contribution in [0, 0.1) is 5.92 Å². The molecule has 1 aromatic carbocycles. The third-order valence-electron chi connectivity index (χ3n) is 7.71. The van der Waals surface area contributed by atoms with Gasteiger partial charge in [0.2, 0.25) is 0 Å². The number of hydrogen-bond acceptors (Lipinski definition) is 8. The minimum atomic E-state index is 0.502. The lowest BCUT2D eigenvalue weighted by atomic mass is 9.80. The molecule has 4 heterocycles. The standard InChI is InChI=1S/C26H33N9O/c1-17(18-5-3-6-18)28-19-7-4-10-34(14-19)26-9-8-20(29-32-26)15-35-16-25(31-33-35)22-11-21(36-2)12-24-23(22)13-27-30-24/h8-9,11-13,16-19,28H,3-7,10,14-15H2,1-2H3,(H,27,30). The number of ether oxygens (including phenoxy) is 1. The van der Waals surface area contributed by atoms with Crippen LogP contribution in [-0.2, 0) is 6.54 Å². The lowest BCUT2D eigenvalue weighted by Crippen LogP contribution is -2.51. The molecule has 3 aromatic heterocycles. The van der Waals surface area contributed by atoms with Crippen molar-refractivity contribution in [2.24, 2.45) is 5.92 Å². The average molecular weight is 488 g/mol. The Balaban J connectivity index is 1.11. The lowest BCUT2D eigenvalue weighted by Gasteiger charge is -2.39. The van der Waals surface area contributed by atoms with Gasteiger partial charge in [-0.15, -0.1) is 10.2 Å². The van der Waals surface area contributed by atoms with Gasteiger partial charge in [-0.2, -0.15) is 10.2 Å². The predicted molar refractivity (Wildman–Crippen MR) is 138 cm³/mol. The first-order valence-corrected chi connectivity index (χ1v) is 12.9. The molecule has 10 heteroatoms. The molecule has 36 heavy (non-hydrogen) atoms. The number of aromatic nitrogens is 7. The number of nitrogens with zero attached hydrogens (tertiary/aromatic N) is 7. The first kappa shape index (κ1) is 22.9. The number of aromatic amines is 1. The van der Waals surface area contributed by atoms with E-state index in [4.69, 9.17) is 4.74 Å². The van der Waals surface area contributed by atoms with E-state index < -0.39 is 0 Å². The Kier molecular flexibility index (Phi) is 6.27. The number of anilines is 1. The van der Waals surface area contributed by atoms with Crippen LogP contribution in [0.2, 0.25) is 0 Å². The summed E-state index contributed by atoms with van der Waals surface area (Å²) >= 11 is 0. The smallest absolute Gasteiger partial charge is 0.151 e. The minimum Gasteiger partial charge on any atom is -0.497 e. The van der Waals surface area contributed by atoms with Gasteiger partial charge in [0.05, 0.1) is 37.3 Å². The van der Waals surface area contributed by atoms with Crippen LogP contribution >= 0.6 is 0 Å². The summed E-state index contributed by atoms with van der Waals surface area (Å²) < 4.78 is 7.22. The monoisotopic (exact) mass is 487 g/mol. The van der Waals surface area contributed by atoms with E-state index in [1.165, 1.54) is 32.1 Å². The molecule has 2 fully saturated rings. The Hall–Kier alpha value is -3.53. The van der Waals surface area contributed by atoms with Crippen LogP contribution in [0.4, 0.5) is 5.82 Å². The van der Waals surface area contributed by atoms with Crippen LogP contribution in [0.15, 0.2) is 36.7 Å². The molecule has 2 atom stereocenters. The van der Waals surface area contributed by atoms with Crippen molar-refractivity contribution in [2.45, 2.75) is 57.7 Å². The zero-order valence-corrected chi connectivity index (χ0v) is 20.9. The van der Waals surface area contributed by atoms with E-state index in [1.54, 1.807) is 18.0 Å². The highest BCUT2D eigenvalue weighted by molar-refractivity contribution is 5.94. The van der Waals surface area contributed by atoms with Crippen molar-refractivity contribution < 1.29 is 4.74 Å². The molecule has 0 bridgehead atoms. The van der Waals surface area contributed by atoms with Gasteiger partial charge in [-0.25, -0.2) is 4.68 Å². The first-order valence-electron chi connectivity index (χ1n) is 12.9. The summed E-state index contributed by atoms with van der Waals surface area (Å²) in [4.78, 5) is 2.36. The summed E-state index contributed by atoms with van der Waals surface area (Å²) in [5.41, 5.74) is 3.42. The quantitative estimate of drug-likeness (QED) is 0.389. The number of H-pyrrole nitrogens is 1. The molecule has 1 aliphatic heterocycles. The highest BCUT2D eigenvalue weighted by Gasteiger charge is 2.28. The number of rotatable bonds is 8. The first-order chi connectivity index (χ1) is 17.7. The fourth-order valence-corrected chi connectivity index (χ4v) is 5.39. The highest BCUT2D eigenvalue weighted by atomic mass is 16.5. The largest absolute Gasteiger partial charge is 0.497 e. The third-order valence-corrected chi connectivity index (χ3v) is 7.71. The Labute approximate surface area is 210 Å². The van der Waals surface area contributed by atoms with Crippen LogP contribution in [-0.4, -0.2) is 67.7 Å². The zero-order valence-electron chi connectivity index (χ0n) is 20.9. The maximum absolute atomic E-state index is 5.43. The summed E-state index contributed by atoms with van der Waals surface area (Å²) in [6, 6.07) is 9.11. The summed E-state index contributed by atoms with van der Waals surface area (Å²) in [6.07, 6.45) is 10.3. The maximum Gasteiger partial charge on any atom is 0.151 e. The van der Waals surface area contributed by atoms with Gasteiger partial charge in [0.1, 0.15) is 11.4 Å². The topological polar surface area (TPSA) is 110 Å². The Morgan fingerprint density at radius 3 is 2.83 bits per heavy atom. The summed E-state index contributed by atoms with van der Waals surface area (Å²) in [5, 5.41) is 29.8. The van der Waals surface area contributed by atoms with Gasteiger partial charge in [0, 0.05) is 42.2 Å². The van der Waals surface area contributed by atoms with Crippen LogP contribution in [0.5, 0.6) is 5.75 Å². The fraction of sp³-hybridized carbons (Fsp3) is 0.500. The Morgan fingerprint density at radius 1 is 1.14 bits per heavy atom. The second-order valence-corrected chi connectivity index (χ2v) is 10.1. The second-order valence-electron chi connectivity index (χ2n) is 10.1. The van der Waals surface area contributed by atoms with Gasteiger partial charge in [-0.1, -0.05) is 11.6 Å². The molecule has 6 rings (SSSR count).